The predicted molar refractivity (Wildman–Crippen MR) is 93.3 cm³/mol. The van der Waals surface area contributed by atoms with Gasteiger partial charge in [0.05, 0.1) is 18.7 Å². The van der Waals surface area contributed by atoms with Gasteiger partial charge in [0.2, 0.25) is 18.5 Å². The number of nitrogens with zero attached hydrogens (tertiary/aromatic N) is 3. The summed E-state index contributed by atoms with van der Waals surface area (Å²) in [5.74, 6) is 0.785. The molecule has 0 N–H and O–H groups in total. The van der Waals surface area contributed by atoms with E-state index in [0.29, 0.717) is 43.1 Å². The molecule has 0 saturated carbocycles. The van der Waals surface area contributed by atoms with E-state index in [2.05, 4.69) is 9.97 Å². The van der Waals surface area contributed by atoms with Crippen molar-refractivity contribution in [3.8, 4) is 17.4 Å². The Labute approximate surface area is 156 Å². The molecule has 3 heterocycles. The molecule has 2 aliphatic rings. The van der Waals surface area contributed by atoms with E-state index in [1.54, 1.807) is 4.90 Å². The van der Waals surface area contributed by atoms with Crippen LogP contribution in [0.5, 0.6) is 17.4 Å². The molecule has 1 amide bonds. The summed E-state index contributed by atoms with van der Waals surface area (Å²) in [6, 6.07) is 5.49. The number of likely N-dealkylation sites (tertiary alicyclic amines) is 1. The fourth-order valence-electron chi connectivity index (χ4n) is 3.26. The van der Waals surface area contributed by atoms with Crippen molar-refractivity contribution in [3.63, 3.8) is 0 Å². The Bertz CT molecular complexity index is 861. The Kier molecular flexibility index (Phi) is 4.79. The van der Waals surface area contributed by atoms with Crippen LogP contribution < -0.4 is 14.2 Å². The summed E-state index contributed by atoms with van der Waals surface area (Å²) in [5, 5.41) is 0. The van der Waals surface area contributed by atoms with Crippen molar-refractivity contribution < 1.29 is 23.4 Å². The third-order valence-electron chi connectivity index (χ3n) is 4.73. The van der Waals surface area contributed by atoms with E-state index in [9.17, 15) is 9.18 Å². The first-order valence-corrected chi connectivity index (χ1v) is 8.96. The maximum absolute atomic E-state index is 14.2. The van der Waals surface area contributed by atoms with E-state index < -0.39 is 5.82 Å². The molecule has 2 aromatic rings. The molecule has 1 aromatic heterocycles. The van der Waals surface area contributed by atoms with Gasteiger partial charge in [0, 0.05) is 13.0 Å². The molecule has 4 rings (SSSR count). The van der Waals surface area contributed by atoms with Crippen LogP contribution >= 0.6 is 0 Å². The zero-order valence-electron chi connectivity index (χ0n) is 15.0. The Morgan fingerprint density at radius 3 is 3.04 bits per heavy atom. The summed E-state index contributed by atoms with van der Waals surface area (Å²) in [6.45, 7) is 3.01. The van der Waals surface area contributed by atoms with Crippen molar-refractivity contribution in [2.24, 2.45) is 0 Å². The van der Waals surface area contributed by atoms with Gasteiger partial charge in [-0.3, -0.25) is 4.79 Å². The van der Waals surface area contributed by atoms with E-state index >= 15 is 0 Å². The van der Waals surface area contributed by atoms with Crippen LogP contribution in [0.2, 0.25) is 0 Å². The highest BCUT2D eigenvalue weighted by molar-refractivity contribution is 5.79. The van der Waals surface area contributed by atoms with Gasteiger partial charge in [0.25, 0.3) is 5.88 Å². The third-order valence-corrected chi connectivity index (χ3v) is 4.73. The third kappa shape index (κ3) is 3.65. The van der Waals surface area contributed by atoms with Crippen LogP contribution in [0.1, 0.15) is 24.6 Å². The highest BCUT2D eigenvalue weighted by Gasteiger charge is 2.29. The van der Waals surface area contributed by atoms with Crippen LogP contribution in [0.4, 0.5) is 4.39 Å². The minimum Gasteiger partial charge on any atom is -0.470 e. The Balaban J connectivity index is 1.36. The summed E-state index contributed by atoms with van der Waals surface area (Å²) in [4.78, 5) is 22.1. The van der Waals surface area contributed by atoms with Crippen molar-refractivity contribution in [3.05, 3.63) is 41.6 Å². The minimum atomic E-state index is -0.523. The molecule has 7 nitrogen and oxygen atoms in total. The molecular formula is C19H20FN3O4. The van der Waals surface area contributed by atoms with Crippen molar-refractivity contribution in [2.75, 3.05) is 19.9 Å². The van der Waals surface area contributed by atoms with Gasteiger partial charge in [-0.1, -0.05) is 13.0 Å². The normalized spacial score (nSPS) is 18.0. The Hall–Kier alpha value is -2.90. The number of benzene rings is 1. The maximum atomic E-state index is 14.2. The molecule has 0 aliphatic carbocycles. The molecule has 2 aliphatic heterocycles. The standard InChI is InChI=1S/C19H20FN3O4/c1-2-14-18(20)19(22-10-21-14)27-13-5-6-23(9-13)17(24)8-12-3-4-15-16(7-12)26-11-25-15/h3-4,7,10,13H,2,5-6,8-9,11H2,1H3. The summed E-state index contributed by atoms with van der Waals surface area (Å²) in [7, 11) is 0. The largest absolute Gasteiger partial charge is 0.470 e. The number of ether oxygens (including phenoxy) is 3. The van der Waals surface area contributed by atoms with Gasteiger partial charge in [-0.25, -0.2) is 4.98 Å². The summed E-state index contributed by atoms with van der Waals surface area (Å²) in [5.41, 5.74) is 1.19. The summed E-state index contributed by atoms with van der Waals surface area (Å²) < 4.78 is 30.5. The lowest BCUT2D eigenvalue weighted by Crippen LogP contribution is -2.32. The first kappa shape index (κ1) is 17.5. The van der Waals surface area contributed by atoms with E-state index in [-0.39, 0.29) is 31.1 Å². The zero-order chi connectivity index (χ0) is 18.8. The van der Waals surface area contributed by atoms with Gasteiger partial charge in [-0.2, -0.15) is 9.37 Å². The van der Waals surface area contributed by atoms with E-state index in [0.717, 1.165) is 5.56 Å². The van der Waals surface area contributed by atoms with Gasteiger partial charge in [-0.15, -0.1) is 0 Å². The number of aromatic nitrogens is 2. The first-order chi connectivity index (χ1) is 13.1. The van der Waals surface area contributed by atoms with Crippen LogP contribution in [-0.2, 0) is 17.6 Å². The maximum Gasteiger partial charge on any atom is 0.254 e. The highest BCUT2D eigenvalue weighted by Crippen LogP contribution is 2.32. The molecule has 1 aromatic carbocycles. The molecule has 142 valence electrons. The molecule has 1 atom stereocenters. The molecule has 1 unspecified atom stereocenters. The summed E-state index contributed by atoms with van der Waals surface area (Å²) >= 11 is 0. The van der Waals surface area contributed by atoms with Gasteiger partial charge in [-0.05, 0) is 24.1 Å². The smallest absolute Gasteiger partial charge is 0.254 e. The fourth-order valence-corrected chi connectivity index (χ4v) is 3.26. The molecule has 27 heavy (non-hydrogen) atoms. The first-order valence-electron chi connectivity index (χ1n) is 8.96. The number of halogens is 1. The minimum absolute atomic E-state index is 0.00243. The van der Waals surface area contributed by atoms with Gasteiger partial charge >= 0.3 is 0 Å². The van der Waals surface area contributed by atoms with Crippen LogP contribution in [-0.4, -0.2) is 46.8 Å². The number of carbonyl (C=O) groups excluding carboxylic acids is 1. The van der Waals surface area contributed by atoms with Crippen molar-refractivity contribution in [1.29, 1.82) is 0 Å². The number of rotatable bonds is 5. The van der Waals surface area contributed by atoms with Crippen molar-refractivity contribution in [1.82, 2.24) is 14.9 Å². The number of carbonyl (C=O) groups is 1. The average Bonchev–Trinajstić information content (AvgIpc) is 3.32. The highest BCUT2D eigenvalue weighted by atomic mass is 19.1. The Morgan fingerprint density at radius 1 is 1.33 bits per heavy atom. The Morgan fingerprint density at radius 2 is 2.19 bits per heavy atom. The molecular weight excluding hydrogens is 353 g/mol. The van der Waals surface area contributed by atoms with Crippen molar-refractivity contribution in [2.45, 2.75) is 32.3 Å². The molecule has 0 bridgehead atoms. The van der Waals surface area contributed by atoms with Crippen LogP contribution in [0.3, 0.4) is 0 Å². The number of hydrogen-bond donors (Lipinski definition) is 0. The second kappa shape index (κ2) is 7.38. The molecule has 1 saturated heterocycles. The molecule has 0 spiro atoms. The molecule has 1 fully saturated rings. The topological polar surface area (TPSA) is 73.8 Å². The monoisotopic (exact) mass is 373 g/mol. The van der Waals surface area contributed by atoms with Crippen LogP contribution in [0.15, 0.2) is 24.5 Å². The lowest BCUT2D eigenvalue weighted by Gasteiger charge is -2.17. The lowest BCUT2D eigenvalue weighted by atomic mass is 10.1. The fraction of sp³-hybridized carbons (Fsp3) is 0.421. The van der Waals surface area contributed by atoms with Gasteiger partial charge in [0.1, 0.15) is 12.4 Å². The van der Waals surface area contributed by atoms with E-state index in [1.807, 2.05) is 25.1 Å². The predicted octanol–water partition coefficient (Wildman–Crippen LogP) is 2.13. The second-order valence-electron chi connectivity index (χ2n) is 6.53. The number of fused-ring (bicyclic) bond motifs is 1. The second-order valence-corrected chi connectivity index (χ2v) is 6.53. The molecule has 8 heteroatoms. The summed E-state index contributed by atoms with van der Waals surface area (Å²) in [6.07, 6.45) is 2.40. The van der Waals surface area contributed by atoms with Gasteiger partial charge < -0.3 is 19.1 Å². The lowest BCUT2D eigenvalue weighted by molar-refractivity contribution is -0.129. The van der Waals surface area contributed by atoms with Crippen LogP contribution in [0, 0.1) is 5.82 Å². The molecule has 0 radical (unpaired) electrons. The van der Waals surface area contributed by atoms with E-state index in [1.165, 1.54) is 6.33 Å². The number of hydrogen-bond acceptors (Lipinski definition) is 6. The SMILES string of the molecule is CCc1ncnc(OC2CCN(C(=O)Cc3ccc4c(c3)OCO4)C2)c1F. The van der Waals surface area contributed by atoms with Crippen molar-refractivity contribution >= 4 is 5.91 Å². The zero-order valence-corrected chi connectivity index (χ0v) is 15.0. The number of aryl methyl sites for hydroxylation is 1. The number of amides is 1. The quantitative estimate of drug-likeness (QED) is 0.799. The van der Waals surface area contributed by atoms with Crippen LogP contribution in [0.25, 0.3) is 0 Å². The van der Waals surface area contributed by atoms with Gasteiger partial charge in [0.15, 0.2) is 11.5 Å². The average molecular weight is 373 g/mol. The van der Waals surface area contributed by atoms with E-state index in [4.69, 9.17) is 14.2 Å².